The second kappa shape index (κ2) is 20.4. The fourth-order valence-corrected chi connectivity index (χ4v) is 6.03. The molecule has 1 amide bonds. The molecule has 4 atom stereocenters. The summed E-state index contributed by atoms with van der Waals surface area (Å²) in [4.78, 5) is 35.5. The van der Waals surface area contributed by atoms with Gasteiger partial charge >= 0.3 is 11.9 Å². The van der Waals surface area contributed by atoms with E-state index in [1.165, 1.54) is 77.2 Å². The Morgan fingerprint density at radius 2 is 1.54 bits per heavy atom. The molecule has 0 aliphatic rings. The van der Waals surface area contributed by atoms with Crippen molar-refractivity contribution in [3.8, 4) is 0 Å². The number of aliphatic carboxylic acids is 1. The van der Waals surface area contributed by atoms with Crippen molar-refractivity contribution in [1.29, 1.82) is 0 Å². The number of carbonyl (C=O) groups is 3. The molecule has 7 nitrogen and oxygen atoms in total. The summed E-state index contributed by atoms with van der Waals surface area (Å²) in [7, 11) is 1.30. The standard InChI is InChI=1S/C29H53NO6S/c1-7-9-10-11-12-13-14-15-16-17-19-22(3)26(24(32)20-18-21-25(33)34)37-29(5,8-2)27(28(35)36-6)30-23(4)31/h19,24,26-27,32H,7-18,20-21H2,1-6H3,(H,30,31)(H,33,34)/t24-,26-,27+,29+/m0/s1. The van der Waals surface area contributed by atoms with Crippen LogP contribution in [0.25, 0.3) is 0 Å². The maximum Gasteiger partial charge on any atom is 0.329 e. The van der Waals surface area contributed by atoms with Gasteiger partial charge in [-0.25, -0.2) is 4.79 Å². The van der Waals surface area contributed by atoms with Crippen LogP contribution in [0.1, 0.15) is 125 Å². The van der Waals surface area contributed by atoms with E-state index in [1.807, 2.05) is 20.8 Å². The second-order valence-electron chi connectivity index (χ2n) is 10.3. The van der Waals surface area contributed by atoms with Gasteiger partial charge in [0.1, 0.15) is 6.04 Å². The zero-order valence-electron chi connectivity index (χ0n) is 24.1. The van der Waals surface area contributed by atoms with E-state index in [0.29, 0.717) is 19.3 Å². The highest BCUT2D eigenvalue weighted by Crippen LogP contribution is 2.41. The summed E-state index contributed by atoms with van der Waals surface area (Å²) in [6.45, 7) is 9.44. The Labute approximate surface area is 229 Å². The zero-order chi connectivity index (χ0) is 28.3. The lowest BCUT2D eigenvalue weighted by molar-refractivity contribution is -0.145. The van der Waals surface area contributed by atoms with Crippen molar-refractivity contribution in [3.05, 3.63) is 11.6 Å². The highest BCUT2D eigenvalue weighted by atomic mass is 32.2. The first kappa shape index (κ1) is 35.5. The van der Waals surface area contributed by atoms with E-state index in [0.717, 1.165) is 18.4 Å². The van der Waals surface area contributed by atoms with Crippen molar-refractivity contribution in [2.45, 2.75) is 147 Å². The molecule has 0 aromatic carbocycles. The van der Waals surface area contributed by atoms with E-state index in [1.54, 1.807) is 0 Å². The van der Waals surface area contributed by atoms with Crippen LogP contribution in [-0.2, 0) is 19.1 Å². The number of allylic oxidation sites excluding steroid dienone is 1. The van der Waals surface area contributed by atoms with Gasteiger partial charge in [-0.15, -0.1) is 11.8 Å². The molecule has 0 heterocycles. The number of rotatable bonds is 22. The van der Waals surface area contributed by atoms with Gasteiger partial charge in [0.25, 0.3) is 0 Å². The molecule has 0 saturated carbocycles. The third-order valence-corrected chi connectivity index (χ3v) is 8.96. The normalized spacial score (nSPS) is 15.9. The summed E-state index contributed by atoms with van der Waals surface area (Å²) in [5.41, 5.74) is 1.01. The maximum atomic E-state index is 12.6. The van der Waals surface area contributed by atoms with Crippen LogP contribution < -0.4 is 5.32 Å². The largest absolute Gasteiger partial charge is 0.481 e. The number of aliphatic hydroxyl groups excluding tert-OH is 1. The molecule has 0 saturated heterocycles. The van der Waals surface area contributed by atoms with E-state index in [2.05, 4.69) is 18.3 Å². The number of carboxylic acids is 1. The number of carbonyl (C=O) groups excluding carboxylic acids is 2. The molecule has 0 bridgehead atoms. The number of thioether (sulfide) groups is 1. The summed E-state index contributed by atoms with van der Waals surface area (Å²) in [5, 5.41) is 22.5. The van der Waals surface area contributed by atoms with Crippen molar-refractivity contribution >= 4 is 29.6 Å². The molecule has 0 radical (unpaired) electrons. The van der Waals surface area contributed by atoms with Gasteiger partial charge in [-0.3, -0.25) is 9.59 Å². The second-order valence-corrected chi connectivity index (χ2v) is 12.0. The Bertz CT molecular complexity index is 698. The molecule has 0 spiro atoms. The van der Waals surface area contributed by atoms with Gasteiger partial charge < -0.3 is 20.3 Å². The fourth-order valence-electron chi connectivity index (χ4n) is 4.42. The first-order chi connectivity index (χ1) is 17.5. The van der Waals surface area contributed by atoms with E-state index < -0.39 is 28.8 Å². The molecule has 0 fully saturated rings. The molecule has 0 aliphatic carbocycles. The molecule has 37 heavy (non-hydrogen) atoms. The number of amides is 1. The van der Waals surface area contributed by atoms with Gasteiger partial charge in [0.15, 0.2) is 0 Å². The van der Waals surface area contributed by atoms with Gasteiger partial charge in [0, 0.05) is 18.1 Å². The predicted molar refractivity (Wildman–Crippen MR) is 153 cm³/mol. The van der Waals surface area contributed by atoms with Crippen LogP contribution in [0.15, 0.2) is 11.6 Å². The quantitative estimate of drug-likeness (QED) is 0.0820. The van der Waals surface area contributed by atoms with Crippen LogP contribution in [0, 0.1) is 0 Å². The summed E-state index contributed by atoms with van der Waals surface area (Å²) >= 11 is 1.46. The lowest BCUT2D eigenvalue weighted by Gasteiger charge is -2.39. The highest BCUT2D eigenvalue weighted by molar-refractivity contribution is 8.01. The summed E-state index contributed by atoms with van der Waals surface area (Å²) < 4.78 is 4.25. The molecule has 216 valence electrons. The molecular formula is C29H53NO6S. The number of unbranched alkanes of at least 4 members (excludes halogenated alkanes) is 9. The minimum absolute atomic E-state index is 0.00260. The number of ether oxygens (including phenoxy) is 1. The van der Waals surface area contributed by atoms with Gasteiger partial charge in [-0.05, 0) is 46.0 Å². The third kappa shape index (κ3) is 15.5. The SMILES string of the molecule is CCCCCCCCCCCC=C(C)[C@H](S[C@](C)(CC)[C@H](NC(C)=O)C(=O)OC)[C@@H](O)CCCC(=O)O. The van der Waals surface area contributed by atoms with Gasteiger partial charge in [0.05, 0.1) is 18.5 Å². The Morgan fingerprint density at radius 3 is 2.03 bits per heavy atom. The molecular weight excluding hydrogens is 490 g/mol. The monoisotopic (exact) mass is 543 g/mol. The highest BCUT2D eigenvalue weighted by Gasteiger charge is 2.43. The number of esters is 1. The van der Waals surface area contributed by atoms with Crippen LogP contribution >= 0.6 is 11.8 Å². The Hall–Kier alpha value is -1.54. The van der Waals surface area contributed by atoms with Gasteiger partial charge in [0.2, 0.25) is 5.91 Å². The average molecular weight is 544 g/mol. The Balaban J connectivity index is 5.37. The Kier molecular flexibility index (Phi) is 19.6. The molecule has 0 unspecified atom stereocenters. The van der Waals surface area contributed by atoms with E-state index in [9.17, 15) is 19.5 Å². The molecule has 0 rings (SSSR count). The number of aliphatic hydroxyl groups is 1. The van der Waals surface area contributed by atoms with Crippen LogP contribution in [0.2, 0.25) is 0 Å². The first-order valence-electron chi connectivity index (χ1n) is 14.1. The van der Waals surface area contributed by atoms with Crippen LogP contribution in [0.3, 0.4) is 0 Å². The number of hydrogen-bond acceptors (Lipinski definition) is 6. The van der Waals surface area contributed by atoms with Crippen molar-refractivity contribution in [2.75, 3.05) is 7.11 Å². The first-order valence-corrected chi connectivity index (χ1v) is 15.0. The molecule has 8 heteroatoms. The smallest absolute Gasteiger partial charge is 0.329 e. The zero-order valence-corrected chi connectivity index (χ0v) is 25.0. The third-order valence-electron chi connectivity index (χ3n) is 6.96. The average Bonchev–Trinajstić information content (AvgIpc) is 2.85. The molecule has 0 aliphatic heterocycles. The number of methoxy groups -OCH3 is 1. The maximum absolute atomic E-state index is 12.6. The van der Waals surface area contributed by atoms with Gasteiger partial charge in [-0.1, -0.05) is 76.9 Å². The van der Waals surface area contributed by atoms with E-state index in [-0.39, 0.29) is 17.6 Å². The molecule has 3 N–H and O–H groups in total. The van der Waals surface area contributed by atoms with Gasteiger partial charge in [-0.2, -0.15) is 0 Å². The molecule has 0 aromatic heterocycles. The summed E-state index contributed by atoms with van der Waals surface area (Å²) in [6, 6.07) is -0.871. The number of nitrogens with one attached hydrogen (secondary N) is 1. The minimum atomic E-state index is -0.885. The predicted octanol–water partition coefficient (Wildman–Crippen LogP) is 6.42. The fraction of sp³-hybridized carbons (Fsp3) is 0.828. The lowest BCUT2D eigenvalue weighted by atomic mass is 9.97. The van der Waals surface area contributed by atoms with Crippen molar-refractivity contribution < 1.29 is 29.3 Å². The molecule has 0 aromatic rings. The number of hydrogen-bond donors (Lipinski definition) is 3. The lowest BCUT2D eigenvalue weighted by Crippen LogP contribution is -2.54. The van der Waals surface area contributed by atoms with Crippen LogP contribution in [0.4, 0.5) is 0 Å². The van der Waals surface area contributed by atoms with E-state index >= 15 is 0 Å². The summed E-state index contributed by atoms with van der Waals surface area (Å²) in [5.74, 6) is -1.74. The van der Waals surface area contributed by atoms with Crippen molar-refractivity contribution in [1.82, 2.24) is 5.32 Å². The Morgan fingerprint density at radius 1 is 0.973 bits per heavy atom. The van der Waals surface area contributed by atoms with Crippen molar-refractivity contribution in [3.63, 3.8) is 0 Å². The van der Waals surface area contributed by atoms with Crippen LogP contribution in [-0.4, -0.2) is 57.3 Å². The van der Waals surface area contributed by atoms with Crippen molar-refractivity contribution in [2.24, 2.45) is 0 Å². The van der Waals surface area contributed by atoms with Crippen LogP contribution in [0.5, 0.6) is 0 Å². The minimum Gasteiger partial charge on any atom is -0.481 e. The topological polar surface area (TPSA) is 113 Å². The summed E-state index contributed by atoms with van der Waals surface area (Å²) in [6.07, 6.45) is 14.9. The van der Waals surface area contributed by atoms with E-state index in [4.69, 9.17) is 9.84 Å². The number of carboxylic acid groups (broad SMARTS) is 1.